The third-order valence-corrected chi connectivity index (χ3v) is 3.98. The molecule has 0 aliphatic heterocycles. The third-order valence-electron chi connectivity index (χ3n) is 3.98. The molecule has 0 bridgehead atoms. The van der Waals surface area contributed by atoms with E-state index in [9.17, 15) is 15.0 Å². The van der Waals surface area contributed by atoms with Crippen LogP contribution in [0.15, 0.2) is 48.5 Å². The Bertz CT molecular complexity index is 671. The van der Waals surface area contributed by atoms with E-state index in [-0.39, 0.29) is 11.7 Å². The van der Waals surface area contributed by atoms with Crippen molar-refractivity contribution in [2.24, 2.45) is 0 Å². The maximum absolute atomic E-state index is 11.6. The van der Waals surface area contributed by atoms with Crippen LogP contribution in [0.4, 0.5) is 0 Å². The minimum Gasteiger partial charge on any atom is -0.508 e. The number of nitrogens with one attached hydrogen (secondary N) is 1. The number of amides is 1. The van der Waals surface area contributed by atoms with Gasteiger partial charge in [-0.3, -0.25) is 9.69 Å². The van der Waals surface area contributed by atoms with Crippen LogP contribution in [0.1, 0.15) is 34.5 Å². The first-order valence-corrected chi connectivity index (χ1v) is 8.03. The molecule has 3 N–H and O–H groups in total. The van der Waals surface area contributed by atoms with Gasteiger partial charge >= 0.3 is 0 Å². The van der Waals surface area contributed by atoms with Crippen LogP contribution in [0.25, 0.3) is 0 Å². The Morgan fingerprint density at radius 2 is 1.92 bits per heavy atom. The van der Waals surface area contributed by atoms with E-state index in [1.165, 1.54) is 0 Å². The molecule has 0 fully saturated rings. The van der Waals surface area contributed by atoms with E-state index in [1.54, 1.807) is 43.4 Å². The Morgan fingerprint density at radius 1 is 1.21 bits per heavy atom. The second-order valence-electron chi connectivity index (χ2n) is 5.71. The fourth-order valence-corrected chi connectivity index (χ4v) is 2.55. The highest BCUT2D eigenvalue weighted by Crippen LogP contribution is 2.20. The molecule has 0 aliphatic rings. The molecule has 0 aromatic heterocycles. The molecule has 0 aliphatic carbocycles. The highest BCUT2D eigenvalue weighted by molar-refractivity contribution is 5.93. The maximum atomic E-state index is 11.6. The number of carbonyl (C=O) groups is 1. The first-order valence-electron chi connectivity index (χ1n) is 8.03. The van der Waals surface area contributed by atoms with Gasteiger partial charge in [0.2, 0.25) is 0 Å². The van der Waals surface area contributed by atoms with Crippen LogP contribution in [0, 0.1) is 0 Å². The van der Waals surface area contributed by atoms with Crippen LogP contribution in [-0.4, -0.2) is 41.2 Å². The van der Waals surface area contributed by atoms with Crippen molar-refractivity contribution >= 4 is 5.91 Å². The molecular weight excluding hydrogens is 304 g/mol. The van der Waals surface area contributed by atoms with Gasteiger partial charge in [-0.15, -0.1) is 0 Å². The Hall–Kier alpha value is -2.37. The average molecular weight is 328 g/mol. The third kappa shape index (κ3) is 4.81. The lowest BCUT2D eigenvalue weighted by Gasteiger charge is -2.24. The van der Waals surface area contributed by atoms with E-state index in [4.69, 9.17) is 0 Å². The quantitative estimate of drug-likeness (QED) is 0.729. The molecule has 0 unspecified atom stereocenters. The van der Waals surface area contributed by atoms with Crippen LogP contribution < -0.4 is 5.32 Å². The molecule has 0 radical (unpaired) electrons. The zero-order valence-electron chi connectivity index (χ0n) is 14.1. The van der Waals surface area contributed by atoms with Crippen molar-refractivity contribution in [1.82, 2.24) is 10.2 Å². The average Bonchev–Trinajstić information content (AvgIpc) is 2.61. The van der Waals surface area contributed by atoms with Gasteiger partial charge in [-0.05, 0) is 41.9 Å². The lowest BCUT2D eigenvalue weighted by molar-refractivity contribution is 0.0963. The van der Waals surface area contributed by atoms with Crippen LogP contribution in [-0.2, 0) is 6.54 Å². The lowest BCUT2D eigenvalue weighted by Crippen LogP contribution is -2.28. The van der Waals surface area contributed by atoms with Crippen molar-refractivity contribution < 1.29 is 15.0 Å². The van der Waals surface area contributed by atoms with Crippen molar-refractivity contribution in [3.8, 4) is 5.75 Å². The summed E-state index contributed by atoms with van der Waals surface area (Å²) in [7, 11) is 1.61. The van der Waals surface area contributed by atoms with E-state index in [0.29, 0.717) is 24.2 Å². The van der Waals surface area contributed by atoms with E-state index in [1.807, 2.05) is 19.1 Å². The number of rotatable bonds is 7. The summed E-state index contributed by atoms with van der Waals surface area (Å²) < 4.78 is 0. The standard InChI is InChI=1S/C19H24N2O3/c1-3-21(13-18(23)16-5-4-6-17(22)11-16)12-14-7-9-15(10-8-14)19(24)20-2/h4-11,18,22-23H,3,12-13H2,1-2H3,(H,20,24)/t18-/m1/s1. The van der Waals surface area contributed by atoms with Crippen molar-refractivity contribution in [3.63, 3.8) is 0 Å². The number of nitrogens with zero attached hydrogens (tertiary/aromatic N) is 1. The van der Waals surface area contributed by atoms with Gasteiger partial charge in [0, 0.05) is 25.7 Å². The lowest BCUT2D eigenvalue weighted by atomic mass is 10.1. The summed E-state index contributed by atoms with van der Waals surface area (Å²) >= 11 is 0. The number of likely N-dealkylation sites (N-methyl/N-ethyl adjacent to an activating group) is 1. The molecule has 24 heavy (non-hydrogen) atoms. The van der Waals surface area contributed by atoms with Gasteiger partial charge in [-0.2, -0.15) is 0 Å². The minimum absolute atomic E-state index is 0.104. The number of aliphatic hydroxyl groups excluding tert-OH is 1. The smallest absolute Gasteiger partial charge is 0.251 e. The number of hydrogen-bond donors (Lipinski definition) is 3. The molecule has 2 aromatic rings. The van der Waals surface area contributed by atoms with Gasteiger partial charge in [-0.25, -0.2) is 0 Å². The minimum atomic E-state index is -0.665. The molecule has 2 aromatic carbocycles. The molecule has 128 valence electrons. The highest BCUT2D eigenvalue weighted by atomic mass is 16.3. The first kappa shape index (κ1) is 18.0. The fraction of sp³-hybridized carbons (Fsp3) is 0.316. The van der Waals surface area contributed by atoms with E-state index < -0.39 is 6.10 Å². The van der Waals surface area contributed by atoms with Gasteiger partial charge in [-0.1, -0.05) is 31.2 Å². The molecule has 0 spiro atoms. The zero-order valence-corrected chi connectivity index (χ0v) is 14.1. The molecule has 0 saturated heterocycles. The van der Waals surface area contributed by atoms with Gasteiger partial charge in [0.25, 0.3) is 5.91 Å². The first-order chi connectivity index (χ1) is 11.5. The number of aliphatic hydroxyl groups is 1. The number of carbonyl (C=O) groups excluding carboxylic acids is 1. The molecule has 1 amide bonds. The van der Waals surface area contributed by atoms with Gasteiger partial charge in [0.15, 0.2) is 0 Å². The zero-order chi connectivity index (χ0) is 17.5. The second-order valence-corrected chi connectivity index (χ2v) is 5.71. The normalized spacial score (nSPS) is 12.2. The number of aromatic hydroxyl groups is 1. The topological polar surface area (TPSA) is 72.8 Å². The largest absolute Gasteiger partial charge is 0.508 e. The predicted octanol–water partition coefficient (Wildman–Crippen LogP) is 2.31. The number of benzene rings is 2. The Labute approximate surface area is 142 Å². The SMILES string of the molecule is CCN(Cc1ccc(C(=O)NC)cc1)C[C@@H](O)c1cccc(O)c1. The van der Waals surface area contributed by atoms with Crippen LogP contribution in [0.2, 0.25) is 0 Å². The van der Waals surface area contributed by atoms with E-state index in [0.717, 1.165) is 12.1 Å². The molecular formula is C19H24N2O3. The van der Waals surface area contributed by atoms with Gasteiger partial charge < -0.3 is 15.5 Å². The van der Waals surface area contributed by atoms with Crippen molar-refractivity contribution in [3.05, 3.63) is 65.2 Å². The number of phenolic OH excluding ortho intramolecular Hbond substituents is 1. The molecule has 0 heterocycles. The summed E-state index contributed by atoms with van der Waals surface area (Å²) in [5.41, 5.74) is 2.40. The molecule has 5 heteroatoms. The van der Waals surface area contributed by atoms with Gasteiger partial charge in [0.1, 0.15) is 5.75 Å². The van der Waals surface area contributed by atoms with Crippen LogP contribution >= 0.6 is 0 Å². The van der Waals surface area contributed by atoms with Crippen LogP contribution in [0.5, 0.6) is 5.75 Å². The summed E-state index contributed by atoms with van der Waals surface area (Å²) in [6.07, 6.45) is -0.665. The summed E-state index contributed by atoms with van der Waals surface area (Å²) in [4.78, 5) is 13.7. The van der Waals surface area contributed by atoms with Gasteiger partial charge in [0.05, 0.1) is 6.10 Å². The highest BCUT2D eigenvalue weighted by Gasteiger charge is 2.13. The molecule has 1 atom stereocenters. The molecule has 2 rings (SSSR count). The van der Waals surface area contributed by atoms with Crippen molar-refractivity contribution in [1.29, 1.82) is 0 Å². The molecule has 5 nitrogen and oxygen atoms in total. The second kappa shape index (κ2) is 8.47. The Morgan fingerprint density at radius 3 is 2.50 bits per heavy atom. The van der Waals surface area contributed by atoms with Crippen LogP contribution in [0.3, 0.4) is 0 Å². The number of phenols is 1. The van der Waals surface area contributed by atoms with Crippen molar-refractivity contribution in [2.75, 3.05) is 20.1 Å². The monoisotopic (exact) mass is 328 g/mol. The van der Waals surface area contributed by atoms with Crippen molar-refractivity contribution in [2.45, 2.75) is 19.6 Å². The Kier molecular flexibility index (Phi) is 6.35. The van der Waals surface area contributed by atoms with E-state index >= 15 is 0 Å². The maximum Gasteiger partial charge on any atom is 0.251 e. The summed E-state index contributed by atoms with van der Waals surface area (Å²) in [5.74, 6) is 0.0487. The summed E-state index contributed by atoms with van der Waals surface area (Å²) in [5, 5.41) is 22.5. The van der Waals surface area contributed by atoms with E-state index in [2.05, 4.69) is 10.2 Å². The summed E-state index contributed by atoms with van der Waals surface area (Å²) in [6.45, 7) is 3.97. The number of hydrogen-bond acceptors (Lipinski definition) is 4. The fourth-order valence-electron chi connectivity index (χ4n) is 2.55. The molecule has 0 saturated carbocycles. The summed E-state index contributed by atoms with van der Waals surface area (Å²) in [6, 6.07) is 14.1. The Balaban J connectivity index is 2.00. The predicted molar refractivity (Wildman–Crippen MR) is 93.8 cm³/mol.